The van der Waals surface area contributed by atoms with Gasteiger partial charge >= 0.3 is 0 Å². The molecule has 1 aliphatic heterocycles. The molecule has 0 aromatic heterocycles. The molecule has 0 radical (unpaired) electrons. The summed E-state index contributed by atoms with van der Waals surface area (Å²) < 4.78 is 13.2. The number of anilines is 1. The minimum absolute atomic E-state index is 0.207. The van der Waals surface area contributed by atoms with E-state index in [1.165, 1.54) is 12.1 Å². The van der Waals surface area contributed by atoms with Crippen molar-refractivity contribution in [3.8, 4) is 0 Å². The first-order chi connectivity index (χ1) is 8.17. The highest BCUT2D eigenvalue weighted by molar-refractivity contribution is 8.14. The van der Waals surface area contributed by atoms with Crippen molar-refractivity contribution in [3.05, 3.63) is 29.6 Å². The Balaban J connectivity index is 2.12. The van der Waals surface area contributed by atoms with Crippen molar-refractivity contribution in [1.29, 1.82) is 0 Å². The van der Waals surface area contributed by atoms with Crippen molar-refractivity contribution in [2.75, 3.05) is 11.1 Å². The molecular weight excluding hydrogens is 235 g/mol. The molecule has 0 aliphatic carbocycles. The molecule has 1 heterocycles. The van der Waals surface area contributed by atoms with Crippen LogP contribution < -0.4 is 5.32 Å². The molecule has 1 atom stereocenters. The average Bonchev–Trinajstić information content (AvgIpc) is 2.28. The fourth-order valence-electron chi connectivity index (χ4n) is 1.86. The molecule has 4 heteroatoms. The summed E-state index contributed by atoms with van der Waals surface area (Å²) in [4.78, 5) is 4.60. The van der Waals surface area contributed by atoms with Gasteiger partial charge in [-0.3, -0.25) is 4.99 Å². The standard InChI is InChI=1S/C13H17FN2S/c1-3-11-4-5-17-13(15-11)16-12-7-9(2)6-10(14)8-12/h6-8,11H,3-5H2,1-2H3,(H,15,16). The largest absolute Gasteiger partial charge is 0.335 e. The normalized spacial score (nSPS) is 19.9. The lowest BCUT2D eigenvalue weighted by Crippen LogP contribution is -2.19. The summed E-state index contributed by atoms with van der Waals surface area (Å²) in [6.07, 6.45) is 2.20. The number of aliphatic imine (C=N–C) groups is 1. The van der Waals surface area contributed by atoms with Crippen molar-refractivity contribution in [3.63, 3.8) is 0 Å². The monoisotopic (exact) mass is 252 g/mol. The van der Waals surface area contributed by atoms with Crippen LogP contribution in [-0.2, 0) is 0 Å². The number of amidine groups is 1. The molecule has 92 valence electrons. The van der Waals surface area contributed by atoms with E-state index in [1.807, 2.05) is 13.0 Å². The Kier molecular flexibility index (Phi) is 4.05. The van der Waals surface area contributed by atoms with Crippen LogP contribution in [0.15, 0.2) is 23.2 Å². The third kappa shape index (κ3) is 3.46. The Morgan fingerprint density at radius 1 is 1.47 bits per heavy atom. The lowest BCUT2D eigenvalue weighted by molar-refractivity contribution is 0.627. The number of halogens is 1. The van der Waals surface area contributed by atoms with Crippen LogP contribution >= 0.6 is 11.8 Å². The Morgan fingerprint density at radius 3 is 3.00 bits per heavy atom. The maximum Gasteiger partial charge on any atom is 0.161 e. The molecule has 1 aliphatic rings. The first-order valence-electron chi connectivity index (χ1n) is 5.92. The Labute approximate surface area is 106 Å². The highest BCUT2D eigenvalue weighted by atomic mass is 32.2. The van der Waals surface area contributed by atoms with Crippen LogP contribution in [0.1, 0.15) is 25.3 Å². The van der Waals surface area contributed by atoms with E-state index in [1.54, 1.807) is 11.8 Å². The van der Waals surface area contributed by atoms with Crippen LogP contribution in [0.25, 0.3) is 0 Å². The van der Waals surface area contributed by atoms with Crippen LogP contribution in [0.3, 0.4) is 0 Å². The summed E-state index contributed by atoms with van der Waals surface area (Å²) in [6, 6.07) is 5.37. The molecular formula is C13H17FN2S. The molecule has 1 N–H and O–H groups in total. The molecule has 0 fully saturated rings. The Bertz CT molecular complexity index is 411. The quantitative estimate of drug-likeness (QED) is 0.865. The zero-order valence-electron chi connectivity index (χ0n) is 10.2. The van der Waals surface area contributed by atoms with Gasteiger partial charge in [0.1, 0.15) is 5.82 Å². The molecule has 2 nitrogen and oxygen atoms in total. The topological polar surface area (TPSA) is 24.4 Å². The van der Waals surface area contributed by atoms with E-state index in [9.17, 15) is 4.39 Å². The molecule has 0 bridgehead atoms. The molecule has 1 aromatic rings. The molecule has 0 saturated heterocycles. The van der Waals surface area contributed by atoms with E-state index in [4.69, 9.17) is 0 Å². The highest BCUT2D eigenvalue weighted by Crippen LogP contribution is 2.22. The van der Waals surface area contributed by atoms with Gasteiger partial charge in [-0.15, -0.1) is 0 Å². The van der Waals surface area contributed by atoms with Crippen LogP contribution in [0.2, 0.25) is 0 Å². The number of rotatable bonds is 2. The van der Waals surface area contributed by atoms with Gasteiger partial charge in [-0.25, -0.2) is 4.39 Å². The van der Waals surface area contributed by atoms with Gasteiger partial charge in [0.15, 0.2) is 5.17 Å². The van der Waals surface area contributed by atoms with Gasteiger partial charge in [-0.2, -0.15) is 0 Å². The van der Waals surface area contributed by atoms with E-state index in [-0.39, 0.29) is 5.82 Å². The summed E-state index contributed by atoms with van der Waals surface area (Å²) in [5.74, 6) is 0.875. The minimum Gasteiger partial charge on any atom is -0.335 e. The van der Waals surface area contributed by atoms with Crippen LogP contribution in [-0.4, -0.2) is 17.0 Å². The molecule has 0 amide bonds. The summed E-state index contributed by atoms with van der Waals surface area (Å²) in [5.41, 5.74) is 1.70. The van der Waals surface area contributed by atoms with Crippen molar-refractivity contribution in [2.24, 2.45) is 4.99 Å². The van der Waals surface area contributed by atoms with Crippen molar-refractivity contribution in [1.82, 2.24) is 0 Å². The Morgan fingerprint density at radius 2 is 2.29 bits per heavy atom. The fraction of sp³-hybridized carbons (Fsp3) is 0.462. The summed E-state index contributed by atoms with van der Waals surface area (Å²) in [6.45, 7) is 4.03. The molecule has 0 spiro atoms. The smallest absolute Gasteiger partial charge is 0.161 e. The molecule has 1 aromatic carbocycles. The summed E-state index contributed by atoms with van der Waals surface area (Å²) in [5, 5.41) is 4.11. The summed E-state index contributed by atoms with van der Waals surface area (Å²) >= 11 is 1.71. The van der Waals surface area contributed by atoms with E-state index >= 15 is 0 Å². The van der Waals surface area contributed by atoms with Crippen molar-refractivity contribution in [2.45, 2.75) is 32.7 Å². The predicted octanol–water partition coefficient (Wildman–Crippen LogP) is 3.82. The third-order valence-corrected chi connectivity index (χ3v) is 3.68. The summed E-state index contributed by atoms with van der Waals surface area (Å²) in [7, 11) is 0. The lowest BCUT2D eigenvalue weighted by Gasteiger charge is -2.19. The predicted molar refractivity (Wildman–Crippen MR) is 73.3 cm³/mol. The fourth-order valence-corrected chi connectivity index (χ4v) is 2.85. The van der Waals surface area contributed by atoms with Gasteiger partial charge in [0.2, 0.25) is 0 Å². The second-order valence-electron chi connectivity index (χ2n) is 4.28. The number of aryl methyl sites for hydroxylation is 1. The zero-order valence-corrected chi connectivity index (χ0v) is 11.0. The lowest BCUT2D eigenvalue weighted by atomic mass is 10.2. The molecule has 2 rings (SSSR count). The van der Waals surface area contributed by atoms with E-state index in [2.05, 4.69) is 17.2 Å². The molecule has 17 heavy (non-hydrogen) atoms. The van der Waals surface area contributed by atoms with Crippen LogP contribution in [0.5, 0.6) is 0 Å². The van der Waals surface area contributed by atoms with Gasteiger partial charge < -0.3 is 5.32 Å². The number of nitrogens with zero attached hydrogens (tertiary/aromatic N) is 1. The van der Waals surface area contributed by atoms with Gasteiger partial charge in [0.25, 0.3) is 0 Å². The zero-order chi connectivity index (χ0) is 12.3. The highest BCUT2D eigenvalue weighted by Gasteiger charge is 2.14. The van der Waals surface area contributed by atoms with E-state index < -0.39 is 0 Å². The van der Waals surface area contributed by atoms with Crippen molar-refractivity contribution < 1.29 is 4.39 Å². The van der Waals surface area contributed by atoms with E-state index in [0.29, 0.717) is 6.04 Å². The number of benzene rings is 1. The SMILES string of the molecule is CCC1CCSC(Nc2cc(C)cc(F)c2)=N1. The average molecular weight is 252 g/mol. The van der Waals surface area contributed by atoms with Crippen LogP contribution in [0, 0.1) is 12.7 Å². The maximum absolute atomic E-state index is 13.2. The van der Waals surface area contributed by atoms with Gasteiger partial charge in [0, 0.05) is 11.4 Å². The van der Waals surface area contributed by atoms with E-state index in [0.717, 1.165) is 35.0 Å². The van der Waals surface area contributed by atoms with Crippen LogP contribution in [0.4, 0.5) is 10.1 Å². The number of nitrogens with one attached hydrogen (secondary N) is 1. The second-order valence-corrected chi connectivity index (χ2v) is 5.36. The number of hydrogen-bond acceptors (Lipinski definition) is 3. The molecule has 1 unspecified atom stereocenters. The van der Waals surface area contributed by atoms with Gasteiger partial charge in [-0.05, 0) is 43.5 Å². The van der Waals surface area contributed by atoms with Gasteiger partial charge in [-0.1, -0.05) is 18.7 Å². The minimum atomic E-state index is -0.207. The third-order valence-electron chi connectivity index (χ3n) is 2.75. The first kappa shape index (κ1) is 12.4. The van der Waals surface area contributed by atoms with Gasteiger partial charge in [0.05, 0.1) is 6.04 Å². The first-order valence-corrected chi connectivity index (χ1v) is 6.90. The second kappa shape index (κ2) is 5.54. The number of hydrogen-bond donors (Lipinski definition) is 1. The Hall–Kier alpha value is -1.03. The number of thioether (sulfide) groups is 1. The molecule has 0 saturated carbocycles. The maximum atomic E-state index is 13.2. The van der Waals surface area contributed by atoms with Crippen molar-refractivity contribution >= 4 is 22.6 Å².